The van der Waals surface area contributed by atoms with E-state index in [9.17, 15) is 9.59 Å². The molecule has 2 aromatic rings. The van der Waals surface area contributed by atoms with E-state index < -0.39 is 5.97 Å². The Morgan fingerprint density at radius 3 is 2.32 bits per heavy atom. The maximum atomic E-state index is 11.9. The molecule has 0 heterocycles. The second-order valence-electron chi connectivity index (χ2n) is 3.85. The zero-order chi connectivity index (χ0) is 13.8. The minimum absolute atomic E-state index is 0.139. The van der Waals surface area contributed by atoms with Crippen LogP contribution in [0, 0.1) is 3.57 Å². The van der Waals surface area contributed by atoms with Crippen LogP contribution in [0.15, 0.2) is 48.5 Å². The lowest BCUT2D eigenvalue weighted by molar-refractivity contribution is 0.0696. The molecule has 0 aliphatic heterocycles. The highest BCUT2D eigenvalue weighted by Crippen LogP contribution is 2.13. The van der Waals surface area contributed by atoms with Crippen LogP contribution >= 0.6 is 22.6 Å². The highest BCUT2D eigenvalue weighted by Gasteiger charge is 2.08. The molecule has 0 atom stereocenters. The van der Waals surface area contributed by atoms with Gasteiger partial charge in [-0.2, -0.15) is 0 Å². The number of carboxylic acids is 1. The molecular formula is C14H10INO3. The van der Waals surface area contributed by atoms with Crippen molar-refractivity contribution in [3.05, 3.63) is 63.2 Å². The summed E-state index contributed by atoms with van der Waals surface area (Å²) in [5.41, 5.74) is 1.13. The largest absolute Gasteiger partial charge is 0.478 e. The second kappa shape index (κ2) is 5.83. The van der Waals surface area contributed by atoms with E-state index in [1.807, 2.05) is 12.1 Å². The summed E-state index contributed by atoms with van der Waals surface area (Å²) in [7, 11) is 0. The lowest BCUT2D eigenvalue weighted by Gasteiger charge is -2.06. The lowest BCUT2D eigenvalue weighted by Crippen LogP contribution is -2.12. The van der Waals surface area contributed by atoms with E-state index in [4.69, 9.17) is 5.11 Å². The summed E-state index contributed by atoms with van der Waals surface area (Å²) in [6.45, 7) is 0. The molecule has 0 aliphatic rings. The van der Waals surface area contributed by atoms with Crippen molar-refractivity contribution in [2.75, 3.05) is 5.32 Å². The summed E-state index contributed by atoms with van der Waals surface area (Å²) >= 11 is 2.16. The number of rotatable bonds is 3. The summed E-state index contributed by atoms with van der Waals surface area (Å²) in [5.74, 6) is -1.29. The van der Waals surface area contributed by atoms with Crippen molar-refractivity contribution in [2.45, 2.75) is 0 Å². The van der Waals surface area contributed by atoms with Gasteiger partial charge in [-0.25, -0.2) is 4.79 Å². The molecule has 0 radical (unpaired) electrons. The fourth-order valence-corrected chi connectivity index (χ4v) is 1.89. The van der Waals surface area contributed by atoms with Crippen molar-refractivity contribution in [2.24, 2.45) is 0 Å². The van der Waals surface area contributed by atoms with Gasteiger partial charge < -0.3 is 10.4 Å². The first kappa shape index (κ1) is 13.5. The van der Waals surface area contributed by atoms with E-state index >= 15 is 0 Å². The quantitative estimate of drug-likeness (QED) is 0.819. The Bertz CT molecular complexity index is 623. The van der Waals surface area contributed by atoms with Gasteiger partial charge in [-0.3, -0.25) is 4.79 Å². The third-order valence-electron chi connectivity index (χ3n) is 2.47. The number of halogens is 1. The molecule has 1 amide bonds. The summed E-state index contributed by atoms with van der Waals surface area (Å²) in [6.07, 6.45) is 0. The summed E-state index contributed by atoms with van der Waals surface area (Å²) in [6, 6.07) is 13.3. The Morgan fingerprint density at radius 2 is 1.68 bits per heavy atom. The molecule has 0 fully saturated rings. The Kier molecular flexibility index (Phi) is 4.16. The Hall–Kier alpha value is -1.89. The molecule has 2 aromatic carbocycles. The Labute approximate surface area is 123 Å². The van der Waals surface area contributed by atoms with Gasteiger partial charge in [0.15, 0.2) is 0 Å². The number of nitrogens with one attached hydrogen (secondary N) is 1. The molecule has 4 nitrogen and oxygen atoms in total. The Morgan fingerprint density at radius 1 is 1.00 bits per heavy atom. The van der Waals surface area contributed by atoms with Crippen LogP contribution in [0.25, 0.3) is 0 Å². The van der Waals surface area contributed by atoms with E-state index in [1.165, 1.54) is 12.1 Å². The van der Waals surface area contributed by atoms with Gasteiger partial charge in [0.25, 0.3) is 5.91 Å². The predicted molar refractivity (Wildman–Crippen MR) is 80.5 cm³/mol. The molecule has 0 saturated carbocycles. The van der Waals surface area contributed by atoms with Gasteiger partial charge in [-0.15, -0.1) is 0 Å². The summed E-state index contributed by atoms with van der Waals surface area (Å²) < 4.78 is 1.04. The van der Waals surface area contributed by atoms with Crippen LogP contribution in [-0.4, -0.2) is 17.0 Å². The zero-order valence-electron chi connectivity index (χ0n) is 9.76. The number of hydrogen-bond donors (Lipinski definition) is 2. The average Bonchev–Trinajstić information content (AvgIpc) is 2.39. The van der Waals surface area contributed by atoms with Crippen LogP contribution in [0.3, 0.4) is 0 Å². The van der Waals surface area contributed by atoms with Gasteiger partial charge in [0.05, 0.1) is 5.56 Å². The maximum Gasteiger partial charge on any atom is 0.335 e. The van der Waals surface area contributed by atoms with Gasteiger partial charge in [0.1, 0.15) is 0 Å². The third kappa shape index (κ3) is 3.54. The zero-order valence-corrected chi connectivity index (χ0v) is 11.9. The highest BCUT2D eigenvalue weighted by atomic mass is 127. The molecule has 0 unspecified atom stereocenters. The number of aromatic carboxylic acids is 1. The highest BCUT2D eigenvalue weighted by molar-refractivity contribution is 14.1. The van der Waals surface area contributed by atoms with Gasteiger partial charge in [-0.1, -0.05) is 6.07 Å². The van der Waals surface area contributed by atoms with Crippen molar-refractivity contribution in [3.8, 4) is 0 Å². The molecular weight excluding hydrogens is 357 g/mol. The average molecular weight is 367 g/mol. The maximum absolute atomic E-state index is 11.9. The van der Waals surface area contributed by atoms with Crippen LogP contribution in [-0.2, 0) is 0 Å². The standard InChI is InChI=1S/C14H10INO3/c15-11-6-4-9(5-7-11)13(17)16-12-3-1-2-10(8-12)14(18)19/h1-8H,(H,16,17)(H,18,19). The predicted octanol–water partition coefficient (Wildman–Crippen LogP) is 3.24. The first-order valence-corrected chi connectivity index (χ1v) is 6.54. The van der Waals surface area contributed by atoms with Crippen LogP contribution in [0.4, 0.5) is 5.69 Å². The second-order valence-corrected chi connectivity index (χ2v) is 5.09. The third-order valence-corrected chi connectivity index (χ3v) is 3.19. The van der Waals surface area contributed by atoms with Gasteiger partial charge >= 0.3 is 5.97 Å². The van der Waals surface area contributed by atoms with Gasteiger partial charge in [0, 0.05) is 14.8 Å². The molecule has 0 saturated heterocycles. The van der Waals surface area contributed by atoms with Gasteiger partial charge in [-0.05, 0) is 65.1 Å². The summed E-state index contributed by atoms with van der Waals surface area (Å²) in [4.78, 5) is 22.8. The fraction of sp³-hybridized carbons (Fsp3) is 0. The number of hydrogen-bond acceptors (Lipinski definition) is 2. The van der Waals surface area contributed by atoms with Crippen LogP contribution in [0.1, 0.15) is 20.7 Å². The first-order chi connectivity index (χ1) is 9.06. The molecule has 2 N–H and O–H groups in total. The molecule has 0 aliphatic carbocycles. The SMILES string of the molecule is O=C(O)c1cccc(NC(=O)c2ccc(I)cc2)c1. The number of carbonyl (C=O) groups is 2. The molecule has 2 rings (SSSR count). The number of carboxylic acid groups (broad SMARTS) is 1. The number of carbonyl (C=O) groups excluding carboxylic acids is 1. The minimum atomic E-state index is -1.02. The molecule has 0 aromatic heterocycles. The van der Waals surface area contributed by atoms with Crippen molar-refractivity contribution >= 4 is 40.2 Å². The first-order valence-electron chi connectivity index (χ1n) is 5.46. The van der Waals surface area contributed by atoms with E-state index in [0.717, 1.165) is 3.57 Å². The molecule has 96 valence electrons. The smallest absolute Gasteiger partial charge is 0.335 e. The van der Waals surface area contributed by atoms with Crippen molar-refractivity contribution in [3.63, 3.8) is 0 Å². The van der Waals surface area contributed by atoms with Crippen molar-refractivity contribution in [1.29, 1.82) is 0 Å². The Balaban J connectivity index is 2.17. The van der Waals surface area contributed by atoms with Crippen LogP contribution in [0.5, 0.6) is 0 Å². The monoisotopic (exact) mass is 367 g/mol. The minimum Gasteiger partial charge on any atom is -0.478 e. The molecule has 0 spiro atoms. The number of benzene rings is 2. The lowest BCUT2D eigenvalue weighted by atomic mass is 10.2. The topological polar surface area (TPSA) is 66.4 Å². The van der Waals surface area contributed by atoms with Gasteiger partial charge in [0.2, 0.25) is 0 Å². The van der Waals surface area contributed by atoms with E-state index in [2.05, 4.69) is 27.9 Å². The van der Waals surface area contributed by atoms with E-state index in [-0.39, 0.29) is 11.5 Å². The fourth-order valence-electron chi connectivity index (χ4n) is 1.53. The number of amides is 1. The van der Waals surface area contributed by atoms with Crippen molar-refractivity contribution < 1.29 is 14.7 Å². The van der Waals surface area contributed by atoms with Crippen LogP contribution < -0.4 is 5.32 Å². The molecule has 0 bridgehead atoms. The van der Waals surface area contributed by atoms with Crippen molar-refractivity contribution in [1.82, 2.24) is 0 Å². The van der Waals surface area contributed by atoms with E-state index in [1.54, 1.807) is 24.3 Å². The molecule has 19 heavy (non-hydrogen) atoms. The van der Waals surface area contributed by atoms with E-state index in [0.29, 0.717) is 11.3 Å². The van der Waals surface area contributed by atoms with Crippen LogP contribution in [0.2, 0.25) is 0 Å². The summed E-state index contributed by atoms with van der Waals surface area (Å²) in [5, 5.41) is 11.5. The number of anilines is 1. The molecule has 5 heteroatoms. The normalized spacial score (nSPS) is 9.95.